The van der Waals surface area contributed by atoms with Gasteiger partial charge >= 0.3 is 5.97 Å². The number of aromatic amines is 1. The molecular weight excluding hydrogens is 286 g/mol. The Hall–Kier alpha value is -2.57. The average Bonchev–Trinajstić information content (AvgIpc) is 3.13. The van der Waals surface area contributed by atoms with Gasteiger partial charge in [-0.2, -0.15) is 5.10 Å². The Kier molecular flexibility index (Phi) is 3.95. The third kappa shape index (κ3) is 3.03. The highest BCUT2D eigenvalue weighted by Gasteiger charge is 2.17. The summed E-state index contributed by atoms with van der Waals surface area (Å²) in [6.45, 7) is -0.0536. The first-order valence-electron chi connectivity index (χ1n) is 7.27. The predicted molar refractivity (Wildman–Crippen MR) is 78.9 cm³/mol. The van der Waals surface area contributed by atoms with Gasteiger partial charge in [0, 0.05) is 17.5 Å². The number of carbonyl (C=O) groups excluding carboxylic acids is 1. The maximum absolute atomic E-state index is 11.8. The van der Waals surface area contributed by atoms with Crippen LogP contribution in [0.3, 0.4) is 0 Å². The molecule has 0 bridgehead atoms. The number of ether oxygens (including phenoxy) is 1. The first kappa shape index (κ1) is 14.4. The van der Waals surface area contributed by atoms with Gasteiger partial charge in [-0.3, -0.25) is 9.89 Å². The summed E-state index contributed by atoms with van der Waals surface area (Å²) in [4.78, 5) is 22.8. The van der Waals surface area contributed by atoms with Crippen molar-refractivity contribution >= 4 is 22.8 Å². The highest BCUT2D eigenvalue weighted by atomic mass is 16.5. The van der Waals surface area contributed by atoms with Gasteiger partial charge in [-0.1, -0.05) is 12.8 Å². The van der Waals surface area contributed by atoms with E-state index in [9.17, 15) is 9.59 Å². The molecule has 1 aromatic heterocycles. The van der Waals surface area contributed by atoms with Crippen molar-refractivity contribution < 1.29 is 19.4 Å². The lowest BCUT2D eigenvalue weighted by atomic mass is 10.2. The van der Waals surface area contributed by atoms with Crippen molar-refractivity contribution in [2.75, 3.05) is 6.61 Å². The molecule has 0 unspecified atom stereocenters. The van der Waals surface area contributed by atoms with Gasteiger partial charge in [0.2, 0.25) is 0 Å². The molecule has 116 valence electrons. The Balaban J connectivity index is 1.61. The van der Waals surface area contributed by atoms with Gasteiger partial charge in [0.1, 0.15) is 5.75 Å². The van der Waals surface area contributed by atoms with Crippen LogP contribution >= 0.6 is 0 Å². The number of amides is 1. The van der Waals surface area contributed by atoms with Crippen molar-refractivity contribution in [2.24, 2.45) is 0 Å². The fourth-order valence-electron chi connectivity index (χ4n) is 2.74. The minimum absolute atomic E-state index is 0.0273. The lowest BCUT2D eigenvalue weighted by molar-refractivity contribution is -0.123. The van der Waals surface area contributed by atoms with Crippen molar-refractivity contribution in [1.29, 1.82) is 0 Å². The fourth-order valence-corrected chi connectivity index (χ4v) is 2.74. The van der Waals surface area contributed by atoms with Crippen molar-refractivity contribution in [3.05, 3.63) is 23.9 Å². The second kappa shape index (κ2) is 6.05. The van der Waals surface area contributed by atoms with Crippen LogP contribution in [0.1, 0.15) is 36.2 Å². The summed E-state index contributed by atoms with van der Waals surface area (Å²) in [6.07, 6.45) is 4.38. The number of nitrogens with zero attached hydrogens (tertiary/aromatic N) is 1. The van der Waals surface area contributed by atoms with E-state index in [-0.39, 0.29) is 24.2 Å². The molecule has 2 aromatic rings. The molecule has 7 heteroatoms. The first-order valence-corrected chi connectivity index (χ1v) is 7.27. The zero-order valence-electron chi connectivity index (χ0n) is 12.0. The van der Waals surface area contributed by atoms with Crippen LogP contribution < -0.4 is 10.1 Å². The molecule has 1 aliphatic carbocycles. The summed E-state index contributed by atoms with van der Waals surface area (Å²) in [6, 6.07) is 5.15. The quantitative estimate of drug-likeness (QED) is 0.780. The maximum Gasteiger partial charge on any atom is 0.357 e. The highest BCUT2D eigenvalue weighted by Crippen LogP contribution is 2.22. The third-order valence-corrected chi connectivity index (χ3v) is 3.83. The fraction of sp³-hybridized carbons (Fsp3) is 0.400. The van der Waals surface area contributed by atoms with Gasteiger partial charge in [0.05, 0.1) is 5.52 Å². The lowest BCUT2D eigenvalue weighted by Crippen LogP contribution is -2.36. The number of fused-ring (bicyclic) bond motifs is 1. The molecule has 0 spiro atoms. The number of carboxylic acids is 1. The zero-order valence-corrected chi connectivity index (χ0v) is 12.0. The second-order valence-electron chi connectivity index (χ2n) is 5.42. The Morgan fingerprint density at radius 1 is 1.36 bits per heavy atom. The molecule has 0 radical (unpaired) electrons. The van der Waals surface area contributed by atoms with Crippen LogP contribution in [0, 0.1) is 0 Å². The molecule has 1 heterocycles. The minimum atomic E-state index is -1.09. The third-order valence-electron chi connectivity index (χ3n) is 3.83. The molecule has 7 nitrogen and oxygen atoms in total. The van der Waals surface area contributed by atoms with Crippen molar-refractivity contribution in [3.8, 4) is 5.75 Å². The van der Waals surface area contributed by atoms with Gasteiger partial charge in [-0.05, 0) is 25.0 Å². The largest absolute Gasteiger partial charge is 0.484 e. The van der Waals surface area contributed by atoms with Gasteiger partial charge in [-0.15, -0.1) is 0 Å². The van der Waals surface area contributed by atoms with E-state index < -0.39 is 5.97 Å². The lowest BCUT2D eigenvalue weighted by Gasteiger charge is -2.12. The summed E-state index contributed by atoms with van der Waals surface area (Å²) >= 11 is 0. The van der Waals surface area contributed by atoms with Crippen LogP contribution in [-0.2, 0) is 4.79 Å². The smallest absolute Gasteiger partial charge is 0.357 e. The summed E-state index contributed by atoms with van der Waals surface area (Å²) in [5, 5.41) is 18.8. The summed E-state index contributed by atoms with van der Waals surface area (Å²) < 4.78 is 5.45. The molecule has 0 saturated heterocycles. The zero-order chi connectivity index (χ0) is 15.5. The number of nitrogens with one attached hydrogen (secondary N) is 2. The Labute approximate surface area is 126 Å². The Bertz CT molecular complexity index is 704. The molecule has 1 fully saturated rings. The first-order chi connectivity index (χ1) is 10.6. The number of aromatic nitrogens is 2. The van der Waals surface area contributed by atoms with E-state index >= 15 is 0 Å². The van der Waals surface area contributed by atoms with E-state index in [1.807, 2.05) is 0 Å². The van der Waals surface area contributed by atoms with E-state index in [1.54, 1.807) is 18.2 Å². The topological polar surface area (TPSA) is 104 Å². The molecule has 22 heavy (non-hydrogen) atoms. The van der Waals surface area contributed by atoms with Crippen LogP contribution in [-0.4, -0.2) is 39.8 Å². The molecule has 1 aromatic carbocycles. The maximum atomic E-state index is 11.8. The highest BCUT2D eigenvalue weighted by molar-refractivity contribution is 6.01. The number of H-pyrrole nitrogens is 1. The molecule has 1 saturated carbocycles. The van der Waals surface area contributed by atoms with Gasteiger partial charge in [0.15, 0.2) is 12.3 Å². The molecule has 0 aliphatic heterocycles. The van der Waals surface area contributed by atoms with Crippen molar-refractivity contribution in [3.63, 3.8) is 0 Å². The molecule has 3 N–H and O–H groups in total. The molecule has 1 aliphatic rings. The summed E-state index contributed by atoms with van der Waals surface area (Å²) in [5.74, 6) is -0.728. The average molecular weight is 303 g/mol. The molecule has 0 atom stereocenters. The number of aromatic carboxylic acids is 1. The summed E-state index contributed by atoms with van der Waals surface area (Å²) in [5.41, 5.74) is 0.534. The van der Waals surface area contributed by atoms with E-state index in [1.165, 1.54) is 0 Å². The van der Waals surface area contributed by atoms with E-state index in [4.69, 9.17) is 9.84 Å². The Morgan fingerprint density at radius 2 is 2.14 bits per heavy atom. The van der Waals surface area contributed by atoms with E-state index in [0.717, 1.165) is 25.7 Å². The number of carboxylic acid groups (broad SMARTS) is 1. The Morgan fingerprint density at radius 3 is 2.86 bits per heavy atom. The number of rotatable bonds is 5. The van der Waals surface area contributed by atoms with Crippen LogP contribution in [0.2, 0.25) is 0 Å². The number of benzene rings is 1. The van der Waals surface area contributed by atoms with Crippen LogP contribution in [0.5, 0.6) is 5.75 Å². The molecule has 3 rings (SSSR count). The van der Waals surface area contributed by atoms with Gasteiger partial charge in [-0.25, -0.2) is 4.79 Å². The predicted octanol–water partition coefficient (Wildman–Crippen LogP) is 1.70. The standard InChI is InChI=1S/C15H17N3O4/c19-13(16-9-3-1-2-4-9)8-22-10-5-6-11-12(7-10)17-18-14(11)15(20)21/h5-7,9H,1-4,8H2,(H,16,19)(H,17,18)(H,20,21). The summed E-state index contributed by atoms with van der Waals surface area (Å²) in [7, 11) is 0. The number of hydrogen-bond acceptors (Lipinski definition) is 4. The second-order valence-corrected chi connectivity index (χ2v) is 5.42. The van der Waals surface area contributed by atoms with Gasteiger partial charge < -0.3 is 15.2 Å². The van der Waals surface area contributed by atoms with Crippen LogP contribution in [0.4, 0.5) is 0 Å². The molecule has 1 amide bonds. The SMILES string of the molecule is O=C(COc1ccc2c(C(=O)O)n[nH]c2c1)NC1CCCC1. The van der Waals surface area contributed by atoms with E-state index in [2.05, 4.69) is 15.5 Å². The van der Waals surface area contributed by atoms with E-state index in [0.29, 0.717) is 16.7 Å². The van der Waals surface area contributed by atoms with Gasteiger partial charge in [0.25, 0.3) is 5.91 Å². The van der Waals surface area contributed by atoms with Crippen LogP contribution in [0.25, 0.3) is 10.9 Å². The van der Waals surface area contributed by atoms with Crippen LogP contribution in [0.15, 0.2) is 18.2 Å². The van der Waals surface area contributed by atoms with Crippen molar-refractivity contribution in [2.45, 2.75) is 31.7 Å². The minimum Gasteiger partial charge on any atom is -0.484 e. The number of hydrogen-bond donors (Lipinski definition) is 3. The monoisotopic (exact) mass is 303 g/mol. The normalized spacial score (nSPS) is 15.1. The van der Waals surface area contributed by atoms with Crippen molar-refractivity contribution in [1.82, 2.24) is 15.5 Å². The molecular formula is C15H17N3O4. The number of carbonyl (C=O) groups is 2.